The molecule has 23 heavy (non-hydrogen) atoms. The van der Waals surface area contributed by atoms with Gasteiger partial charge in [-0.1, -0.05) is 30.3 Å². The van der Waals surface area contributed by atoms with Crippen molar-refractivity contribution in [3.63, 3.8) is 0 Å². The molecule has 118 valence electrons. The van der Waals surface area contributed by atoms with Crippen LogP contribution in [0.5, 0.6) is 5.75 Å². The van der Waals surface area contributed by atoms with Crippen LogP contribution < -0.4 is 5.32 Å². The molecule has 0 unspecified atom stereocenters. The van der Waals surface area contributed by atoms with E-state index in [-0.39, 0.29) is 18.1 Å². The number of benzene rings is 2. The van der Waals surface area contributed by atoms with Gasteiger partial charge in [-0.2, -0.15) is 0 Å². The number of carbonyl (C=O) groups is 2. The number of hydrogen-bond donors (Lipinski definition) is 2. The zero-order chi connectivity index (χ0) is 16.7. The van der Waals surface area contributed by atoms with E-state index < -0.39 is 6.09 Å². The highest BCUT2D eigenvalue weighted by molar-refractivity contribution is 6.07. The molecule has 0 aliphatic carbocycles. The molecule has 0 spiro atoms. The largest absolute Gasteiger partial charge is 0.508 e. The lowest BCUT2D eigenvalue weighted by Crippen LogP contribution is -2.14. The number of phenols is 1. The minimum atomic E-state index is -0.623. The maximum absolute atomic E-state index is 12.1. The van der Waals surface area contributed by atoms with Gasteiger partial charge in [0.15, 0.2) is 5.78 Å². The number of allylic oxidation sites excluding steroid dienone is 1. The Labute approximate surface area is 134 Å². The molecule has 0 aliphatic rings. The summed E-state index contributed by atoms with van der Waals surface area (Å²) in [6.45, 7) is 1.93. The number of nitrogens with one attached hydrogen (secondary N) is 1. The van der Waals surface area contributed by atoms with Gasteiger partial charge in [-0.05, 0) is 36.8 Å². The lowest BCUT2D eigenvalue weighted by Gasteiger charge is -2.09. The molecule has 2 aromatic carbocycles. The van der Waals surface area contributed by atoms with Crippen LogP contribution in [0.3, 0.4) is 0 Å². The highest BCUT2D eigenvalue weighted by Crippen LogP contribution is 2.23. The molecule has 0 fully saturated rings. The van der Waals surface area contributed by atoms with E-state index in [0.717, 1.165) is 0 Å². The van der Waals surface area contributed by atoms with Crippen LogP contribution in [-0.2, 0) is 4.74 Å². The van der Waals surface area contributed by atoms with E-state index in [1.54, 1.807) is 43.3 Å². The molecule has 5 nitrogen and oxygen atoms in total. The van der Waals surface area contributed by atoms with Crippen LogP contribution in [0.15, 0.2) is 54.6 Å². The van der Waals surface area contributed by atoms with Crippen molar-refractivity contribution in [1.82, 2.24) is 0 Å². The fraction of sp³-hybridized carbons (Fsp3) is 0.111. The second-order valence-corrected chi connectivity index (χ2v) is 4.68. The molecule has 2 rings (SSSR count). The summed E-state index contributed by atoms with van der Waals surface area (Å²) in [5, 5.41) is 12.1. The molecular formula is C18H17NO4. The molecule has 0 radical (unpaired) electrons. The quantitative estimate of drug-likeness (QED) is 0.649. The molecule has 2 aromatic rings. The Hall–Kier alpha value is -3.08. The lowest BCUT2D eigenvalue weighted by molar-refractivity contribution is 0.104. The van der Waals surface area contributed by atoms with Gasteiger partial charge in [0.05, 0.1) is 12.3 Å². The van der Waals surface area contributed by atoms with Crippen molar-refractivity contribution in [2.24, 2.45) is 0 Å². The second kappa shape index (κ2) is 7.79. The monoisotopic (exact) mass is 311 g/mol. The van der Waals surface area contributed by atoms with Crippen molar-refractivity contribution in [3.8, 4) is 5.75 Å². The Morgan fingerprint density at radius 2 is 1.91 bits per heavy atom. The Kier molecular flexibility index (Phi) is 5.52. The molecule has 0 aliphatic heterocycles. The first kappa shape index (κ1) is 16.3. The molecule has 2 N–H and O–H groups in total. The molecule has 0 saturated heterocycles. The van der Waals surface area contributed by atoms with Crippen LogP contribution in [0, 0.1) is 0 Å². The third kappa shape index (κ3) is 4.71. The Morgan fingerprint density at radius 1 is 1.17 bits per heavy atom. The Balaban J connectivity index is 2.20. The van der Waals surface area contributed by atoms with Crippen molar-refractivity contribution >= 4 is 23.6 Å². The van der Waals surface area contributed by atoms with Crippen LogP contribution in [-0.4, -0.2) is 23.6 Å². The number of anilines is 1. The molecule has 5 heteroatoms. The fourth-order valence-corrected chi connectivity index (χ4v) is 1.94. The van der Waals surface area contributed by atoms with Crippen LogP contribution in [0.25, 0.3) is 6.08 Å². The van der Waals surface area contributed by atoms with E-state index in [1.165, 1.54) is 18.2 Å². The fourth-order valence-electron chi connectivity index (χ4n) is 1.94. The topological polar surface area (TPSA) is 75.6 Å². The third-order valence-corrected chi connectivity index (χ3v) is 3.02. The van der Waals surface area contributed by atoms with Crippen molar-refractivity contribution < 1.29 is 19.4 Å². The number of hydrogen-bond acceptors (Lipinski definition) is 4. The number of phenolic OH excluding ortho intramolecular Hbond substituents is 1. The molecule has 0 aromatic heterocycles. The average Bonchev–Trinajstić information content (AvgIpc) is 2.55. The maximum Gasteiger partial charge on any atom is 0.411 e. The maximum atomic E-state index is 12.1. The van der Waals surface area contributed by atoms with E-state index in [1.807, 2.05) is 6.07 Å². The van der Waals surface area contributed by atoms with Crippen molar-refractivity contribution in [2.75, 3.05) is 11.9 Å². The third-order valence-electron chi connectivity index (χ3n) is 3.02. The summed E-state index contributed by atoms with van der Waals surface area (Å²) in [7, 11) is 0. The van der Waals surface area contributed by atoms with Gasteiger partial charge in [0.2, 0.25) is 0 Å². The van der Waals surface area contributed by atoms with Gasteiger partial charge in [0.1, 0.15) is 5.75 Å². The summed E-state index contributed by atoms with van der Waals surface area (Å²) >= 11 is 0. The predicted octanol–water partition coefficient (Wildman–Crippen LogP) is 3.86. The van der Waals surface area contributed by atoms with Gasteiger partial charge >= 0.3 is 6.09 Å². The summed E-state index contributed by atoms with van der Waals surface area (Å²) in [6, 6.07) is 13.3. The standard InChI is InChI=1S/C18H17NO4/c1-2-23-18(22)19-16-12-15(20)10-8-13(16)9-11-17(21)14-6-4-3-5-7-14/h3-12,20H,2H2,1H3,(H,19,22)/b11-9+. The van der Waals surface area contributed by atoms with Gasteiger partial charge in [-0.15, -0.1) is 0 Å². The number of rotatable bonds is 5. The normalized spacial score (nSPS) is 10.5. The van der Waals surface area contributed by atoms with E-state index in [9.17, 15) is 14.7 Å². The highest BCUT2D eigenvalue weighted by atomic mass is 16.5. The zero-order valence-electron chi connectivity index (χ0n) is 12.7. The molecule has 1 amide bonds. The van der Waals surface area contributed by atoms with Crippen LogP contribution in [0.2, 0.25) is 0 Å². The number of amides is 1. The summed E-state index contributed by atoms with van der Waals surface area (Å²) in [5.41, 5.74) is 1.52. The minimum absolute atomic E-state index is 0.00309. The second-order valence-electron chi connectivity index (χ2n) is 4.68. The first-order valence-electron chi connectivity index (χ1n) is 7.14. The van der Waals surface area contributed by atoms with E-state index >= 15 is 0 Å². The van der Waals surface area contributed by atoms with Crippen LogP contribution >= 0.6 is 0 Å². The lowest BCUT2D eigenvalue weighted by atomic mass is 10.1. The minimum Gasteiger partial charge on any atom is -0.508 e. The van der Waals surface area contributed by atoms with Crippen LogP contribution in [0.4, 0.5) is 10.5 Å². The number of ether oxygens (including phenoxy) is 1. The first-order chi connectivity index (χ1) is 11.1. The highest BCUT2D eigenvalue weighted by Gasteiger charge is 2.07. The molecule has 0 saturated carbocycles. The van der Waals surface area contributed by atoms with Gasteiger partial charge in [0.25, 0.3) is 0 Å². The molecule has 0 bridgehead atoms. The van der Waals surface area contributed by atoms with Crippen LogP contribution in [0.1, 0.15) is 22.8 Å². The van der Waals surface area contributed by atoms with Crippen molar-refractivity contribution in [1.29, 1.82) is 0 Å². The van der Waals surface area contributed by atoms with Gasteiger partial charge in [0, 0.05) is 11.6 Å². The number of carbonyl (C=O) groups excluding carboxylic acids is 2. The Morgan fingerprint density at radius 3 is 2.61 bits per heavy atom. The smallest absolute Gasteiger partial charge is 0.411 e. The molecular weight excluding hydrogens is 294 g/mol. The molecule has 0 atom stereocenters. The van der Waals surface area contributed by atoms with Gasteiger partial charge in [-0.3, -0.25) is 10.1 Å². The SMILES string of the molecule is CCOC(=O)Nc1cc(O)ccc1/C=C/C(=O)c1ccccc1. The summed E-state index contributed by atoms with van der Waals surface area (Å²) in [5.74, 6) is -0.149. The van der Waals surface area contributed by atoms with Gasteiger partial charge < -0.3 is 9.84 Å². The van der Waals surface area contributed by atoms with Crippen molar-refractivity contribution in [3.05, 3.63) is 65.7 Å². The van der Waals surface area contributed by atoms with Gasteiger partial charge in [-0.25, -0.2) is 4.79 Å². The van der Waals surface area contributed by atoms with E-state index in [2.05, 4.69) is 5.32 Å². The summed E-state index contributed by atoms with van der Waals surface area (Å²) in [4.78, 5) is 23.6. The number of ketones is 1. The summed E-state index contributed by atoms with van der Waals surface area (Å²) < 4.78 is 4.81. The van der Waals surface area contributed by atoms with Crippen molar-refractivity contribution in [2.45, 2.75) is 6.92 Å². The predicted molar refractivity (Wildman–Crippen MR) is 88.6 cm³/mol. The first-order valence-corrected chi connectivity index (χ1v) is 7.14. The van der Waals surface area contributed by atoms with E-state index in [0.29, 0.717) is 16.8 Å². The molecule has 0 heterocycles. The number of aromatic hydroxyl groups is 1. The zero-order valence-corrected chi connectivity index (χ0v) is 12.7. The van der Waals surface area contributed by atoms with E-state index in [4.69, 9.17) is 4.74 Å². The average molecular weight is 311 g/mol. The Bertz CT molecular complexity index is 723. The summed E-state index contributed by atoms with van der Waals surface area (Å²) in [6.07, 6.45) is 2.37.